The average molecular weight is 482 g/mol. The lowest BCUT2D eigenvalue weighted by Crippen LogP contribution is -2.35. The van der Waals surface area contributed by atoms with Gasteiger partial charge in [-0.1, -0.05) is 30.3 Å². The molecule has 182 valence electrons. The van der Waals surface area contributed by atoms with Crippen molar-refractivity contribution in [2.24, 2.45) is 7.05 Å². The highest BCUT2D eigenvalue weighted by atomic mass is 16.2. The molecule has 5 aromatic rings. The standard InChI is InChI=1S/C27H27N7O2/c1-33-24(11-13-31-33)25-17-29-23(9-5-8-19-6-3-2-4-7-19)27(36)34(25)18-26(35)30-16-21-14-20-15-28-12-10-22(20)32-21/h2-4,6-7,10-15,17,32H,5,8-9,16,18H2,1H3,(H,30,35). The topological polar surface area (TPSA) is 110 Å². The Bertz CT molecular complexity index is 1520. The summed E-state index contributed by atoms with van der Waals surface area (Å²) in [6.07, 6.45) is 8.98. The molecular formula is C27H27N7O2. The van der Waals surface area contributed by atoms with Crippen LogP contribution < -0.4 is 10.9 Å². The molecule has 2 N–H and O–H groups in total. The minimum Gasteiger partial charge on any atom is -0.357 e. The van der Waals surface area contributed by atoms with Crippen LogP contribution >= 0.6 is 0 Å². The first kappa shape index (κ1) is 23.2. The number of nitrogens with zero attached hydrogens (tertiary/aromatic N) is 5. The van der Waals surface area contributed by atoms with E-state index < -0.39 is 0 Å². The van der Waals surface area contributed by atoms with Crippen molar-refractivity contribution in [2.45, 2.75) is 32.4 Å². The summed E-state index contributed by atoms with van der Waals surface area (Å²) < 4.78 is 3.16. The number of hydrogen-bond donors (Lipinski definition) is 2. The van der Waals surface area contributed by atoms with Gasteiger partial charge in [-0.25, -0.2) is 0 Å². The van der Waals surface area contributed by atoms with Gasteiger partial charge in [0.1, 0.15) is 12.2 Å². The second kappa shape index (κ2) is 10.4. The summed E-state index contributed by atoms with van der Waals surface area (Å²) >= 11 is 0. The molecule has 4 aromatic heterocycles. The molecule has 0 saturated heterocycles. The van der Waals surface area contributed by atoms with Crippen LogP contribution in [0, 0.1) is 0 Å². The number of benzene rings is 1. The van der Waals surface area contributed by atoms with Crippen molar-refractivity contribution in [3.05, 3.63) is 101 Å². The van der Waals surface area contributed by atoms with E-state index in [0.29, 0.717) is 30.0 Å². The van der Waals surface area contributed by atoms with E-state index in [-0.39, 0.29) is 18.0 Å². The van der Waals surface area contributed by atoms with Gasteiger partial charge < -0.3 is 10.3 Å². The van der Waals surface area contributed by atoms with Gasteiger partial charge in [0.15, 0.2) is 0 Å². The lowest BCUT2D eigenvalue weighted by atomic mass is 10.1. The molecule has 0 unspecified atom stereocenters. The first-order chi connectivity index (χ1) is 17.6. The smallest absolute Gasteiger partial charge is 0.273 e. The second-order valence-corrected chi connectivity index (χ2v) is 8.69. The molecule has 4 heterocycles. The number of fused-ring (bicyclic) bond motifs is 1. The van der Waals surface area contributed by atoms with Crippen molar-refractivity contribution >= 4 is 16.8 Å². The Hall–Kier alpha value is -4.53. The fourth-order valence-corrected chi connectivity index (χ4v) is 4.31. The maximum Gasteiger partial charge on any atom is 0.273 e. The van der Waals surface area contributed by atoms with Crippen LogP contribution in [0.1, 0.15) is 23.4 Å². The zero-order valence-corrected chi connectivity index (χ0v) is 20.0. The summed E-state index contributed by atoms with van der Waals surface area (Å²) in [7, 11) is 1.79. The van der Waals surface area contributed by atoms with Crippen LogP contribution in [0.4, 0.5) is 0 Å². The fraction of sp³-hybridized carbons (Fsp3) is 0.222. The molecule has 5 rings (SSSR count). The highest BCUT2D eigenvalue weighted by molar-refractivity contribution is 5.80. The molecule has 36 heavy (non-hydrogen) atoms. The molecule has 9 nitrogen and oxygen atoms in total. The molecule has 1 aromatic carbocycles. The number of carbonyl (C=O) groups excluding carboxylic acids is 1. The van der Waals surface area contributed by atoms with E-state index in [2.05, 4.69) is 37.5 Å². The maximum atomic E-state index is 13.4. The van der Waals surface area contributed by atoms with E-state index in [4.69, 9.17) is 0 Å². The van der Waals surface area contributed by atoms with Crippen molar-refractivity contribution < 1.29 is 4.79 Å². The maximum absolute atomic E-state index is 13.4. The first-order valence-corrected chi connectivity index (χ1v) is 11.9. The Balaban J connectivity index is 1.34. The third-order valence-corrected chi connectivity index (χ3v) is 6.19. The molecular weight excluding hydrogens is 454 g/mol. The zero-order valence-electron chi connectivity index (χ0n) is 20.0. The van der Waals surface area contributed by atoms with E-state index in [0.717, 1.165) is 29.4 Å². The van der Waals surface area contributed by atoms with Crippen LogP contribution in [0.3, 0.4) is 0 Å². The summed E-state index contributed by atoms with van der Waals surface area (Å²) in [6, 6.07) is 15.8. The van der Waals surface area contributed by atoms with Crippen LogP contribution in [0.5, 0.6) is 0 Å². The predicted molar refractivity (Wildman–Crippen MR) is 137 cm³/mol. The lowest BCUT2D eigenvalue weighted by Gasteiger charge is -2.14. The molecule has 0 fully saturated rings. The minimum atomic E-state index is -0.265. The SMILES string of the molecule is Cn1nccc1-c1cnc(CCCc2ccccc2)c(=O)n1CC(=O)NCc1cc2cnccc2[nH]1. The molecule has 0 aliphatic carbocycles. The van der Waals surface area contributed by atoms with E-state index >= 15 is 0 Å². The molecule has 0 aliphatic heterocycles. The number of hydrogen-bond acceptors (Lipinski definition) is 5. The van der Waals surface area contributed by atoms with Gasteiger partial charge in [0, 0.05) is 42.2 Å². The van der Waals surface area contributed by atoms with E-state index in [1.807, 2.05) is 30.3 Å². The van der Waals surface area contributed by atoms with Crippen LogP contribution in [-0.2, 0) is 37.8 Å². The summed E-state index contributed by atoms with van der Waals surface area (Å²) in [5, 5.41) is 8.10. The van der Waals surface area contributed by atoms with Gasteiger partial charge >= 0.3 is 0 Å². The number of aromatic nitrogens is 6. The van der Waals surface area contributed by atoms with Gasteiger partial charge in [0.25, 0.3) is 5.56 Å². The average Bonchev–Trinajstić information content (AvgIpc) is 3.51. The quantitative estimate of drug-likeness (QED) is 0.336. The van der Waals surface area contributed by atoms with Crippen molar-refractivity contribution in [1.82, 2.24) is 34.6 Å². The molecule has 1 amide bonds. The van der Waals surface area contributed by atoms with Gasteiger partial charge in [-0.05, 0) is 43.0 Å². The number of aromatic amines is 1. The van der Waals surface area contributed by atoms with Crippen molar-refractivity contribution in [2.75, 3.05) is 0 Å². The van der Waals surface area contributed by atoms with Gasteiger partial charge in [-0.2, -0.15) is 5.10 Å². The molecule has 0 saturated carbocycles. The van der Waals surface area contributed by atoms with Gasteiger partial charge in [-0.3, -0.25) is 28.8 Å². The Labute approximate surface area is 207 Å². The Morgan fingerprint density at radius 3 is 2.67 bits per heavy atom. The lowest BCUT2D eigenvalue weighted by molar-refractivity contribution is -0.121. The van der Waals surface area contributed by atoms with Crippen LogP contribution in [0.15, 0.2) is 78.1 Å². The number of aryl methyl sites for hydroxylation is 3. The van der Waals surface area contributed by atoms with Gasteiger partial charge in [0.05, 0.1) is 24.1 Å². The van der Waals surface area contributed by atoms with Crippen molar-refractivity contribution in [1.29, 1.82) is 0 Å². The first-order valence-electron chi connectivity index (χ1n) is 11.9. The molecule has 9 heteroatoms. The number of rotatable bonds is 9. The Kier molecular flexibility index (Phi) is 6.70. The summed E-state index contributed by atoms with van der Waals surface area (Å²) in [4.78, 5) is 38.2. The highest BCUT2D eigenvalue weighted by Crippen LogP contribution is 2.17. The Morgan fingerprint density at radius 1 is 1.03 bits per heavy atom. The highest BCUT2D eigenvalue weighted by Gasteiger charge is 2.17. The third kappa shape index (κ3) is 5.10. The predicted octanol–water partition coefficient (Wildman–Crippen LogP) is 3.01. The van der Waals surface area contributed by atoms with Crippen LogP contribution in [0.2, 0.25) is 0 Å². The molecule has 0 atom stereocenters. The largest absolute Gasteiger partial charge is 0.357 e. The zero-order chi connectivity index (χ0) is 24.9. The van der Waals surface area contributed by atoms with Gasteiger partial charge in [0.2, 0.25) is 5.91 Å². The van der Waals surface area contributed by atoms with Crippen molar-refractivity contribution in [3.63, 3.8) is 0 Å². The Morgan fingerprint density at radius 2 is 1.89 bits per heavy atom. The number of amides is 1. The normalized spacial score (nSPS) is 11.1. The number of carbonyl (C=O) groups is 1. The molecule has 0 aliphatic rings. The monoisotopic (exact) mass is 481 g/mol. The van der Waals surface area contributed by atoms with Crippen molar-refractivity contribution in [3.8, 4) is 11.4 Å². The second-order valence-electron chi connectivity index (χ2n) is 8.69. The number of pyridine rings is 1. The minimum absolute atomic E-state index is 0.116. The summed E-state index contributed by atoms with van der Waals surface area (Å²) in [5.74, 6) is -0.265. The number of nitrogens with one attached hydrogen (secondary N) is 2. The summed E-state index contributed by atoms with van der Waals surface area (Å²) in [5.41, 5.74) is 4.50. The number of H-pyrrole nitrogens is 1. The van der Waals surface area contributed by atoms with Crippen LogP contribution in [-0.4, -0.2) is 35.2 Å². The third-order valence-electron chi connectivity index (χ3n) is 6.19. The molecule has 0 bridgehead atoms. The van der Waals surface area contributed by atoms with Crippen LogP contribution in [0.25, 0.3) is 22.3 Å². The van der Waals surface area contributed by atoms with E-state index in [1.165, 1.54) is 10.1 Å². The van der Waals surface area contributed by atoms with E-state index in [9.17, 15) is 9.59 Å². The molecule has 0 radical (unpaired) electrons. The van der Waals surface area contributed by atoms with E-state index in [1.54, 1.807) is 42.6 Å². The fourth-order valence-electron chi connectivity index (χ4n) is 4.31. The molecule has 0 spiro atoms. The summed E-state index contributed by atoms with van der Waals surface area (Å²) in [6.45, 7) is 0.202. The van der Waals surface area contributed by atoms with Gasteiger partial charge in [-0.15, -0.1) is 0 Å².